The van der Waals surface area contributed by atoms with E-state index in [4.69, 9.17) is 4.74 Å². The number of unbranched alkanes of at least 4 members (excludes halogenated alkanes) is 38. The highest BCUT2D eigenvalue weighted by Gasteiger charge is 2.18. The number of allylic oxidation sites excluding steroid dienone is 1. The van der Waals surface area contributed by atoms with Crippen LogP contribution in [0.4, 0.5) is 0 Å². The molecular formula is C53H103NO5. The van der Waals surface area contributed by atoms with Gasteiger partial charge in [0.2, 0.25) is 5.91 Å². The summed E-state index contributed by atoms with van der Waals surface area (Å²) in [5.74, 6) is -0.0787. The van der Waals surface area contributed by atoms with E-state index >= 15 is 0 Å². The Morgan fingerprint density at radius 1 is 0.458 bits per heavy atom. The van der Waals surface area contributed by atoms with Crippen LogP contribution in [0.25, 0.3) is 0 Å². The van der Waals surface area contributed by atoms with Gasteiger partial charge in [0.1, 0.15) is 0 Å². The van der Waals surface area contributed by atoms with Crippen LogP contribution in [-0.2, 0) is 14.3 Å². The summed E-state index contributed by atoms with van der Waals surface area (Å²) in [5, 5.41) is 23.1. The number of hydrogen-bond donors (Lipinski definition) is 3. The van der Waals surface area contributed by atoms with Crippen LogP contribution in [0.15, 0.2) is 12.2 Å². The van der Waals surface area contributed by atoms with Gasteiger partial charge in [0.05, 0.1) is 25.4 Å². The molecule has 0 rings (SSSR count). The number of hydrogen-bond acceptors (Lipinski definition) is 5. The van der Waals surface area contributed by atoms with Crippen molar-refractivity contribution >= 4 is 11.9 Å². The zero-order valence-corrected chi connectivity index (χ0v) is 39.7. The van der Waals surface area contributed by atoms with Crippen molar-refractivity contribution in [2.45, 2.75) is 302 Å². The van der Waals surface area contributed by atoms with E-state index in [0.717, 1.165) is 57.8 Å². The maximum absolute atomic E-state index is 12.4. The second-order valence-electron chi connectivity index (χ2n) is 18.2. The van der Waals surface area contributed by atoms with Crippen LogP contribution in [-0.4, -0.2) is 47.4 Å². The summed E-state index contributed by atoms with van der Waals surface area (Å²) in [4.78, 5) is 24.4. The fourth-order valence-corrected chi connectivity index (χ4v) is 8.22. The lowest BCUT2D eigenvalue weighted by Crippen LogP contribution is -2.45. The van der Waals surface area contributed by atoms with E-state index in [9.17, 15) is 19.8 Å². The number of carbonyl (C=O) groups is 2. The molecule has 2 atom stereocenters. The molecule has 59 heavy (non-hydrogen) atoms. The van der Waals surface area contributed by atoms with Crippen molar-refractivity contribution in [1.29, 1.82) is 0 Å². The lowest BCUT2D eigenvalue weighted by atomic mass is 10.0. The molecule has 0 heterocycles. The van der Waals surface area contributed by atoms with E-state index in [1.807, 2.05) is 6.08 Å². The fourth-order valence-electron chi connectivity index (χ4n) is 8.22. The van der Waals surface area contributed by atoms with Gasteiger partial charge >= 0.3 is 5.97 Å². The van der Waals surface area contributed by atoms with Crippen LogP contribution in [0.3, 0.4) is 0 Å². The SMILES string of the molecule is CCCCCCCCCCCCCCC/C=C/C(O)C(CO)NC(=O)CCCCCCCCCCCCCCCCOC(=O)CCCCCCCCCCCCCCC. The summed E-state index contributed by atoms with van der Waals surface area (Å²) in [5.41, 5.74) is 0. The van der Waals surface area contributed by atoms with Gasteiger partial charge in [0.25, 0.3) is 0 Å². The minimum Gasteiger partial charge on any atom is -0.466 e. The molecule has 0 saturated carbocycles. The molecule has 350 valence electrons. The molecule has 0 spiro atoms. The van der Waals surface area contributed by atoms with Gasteiger partial charge < -0.3 is 20.3 Å². The maximum atomic E-state index is 12.4. The number of ether oxygens (including phenoxy) is 1. The molecule has 0 fully saturated rings. The third-order valence-corrected chi connectivity index (χ3v) is 12.3. The summed E-state index contributed by atoms with van der Waals surface area (Å²) < 4.78 is 5.46. The van der Waals surface area contributed by atoms with Crippen molar-refractivity contribution in [1.82, 2.24) is 5.32 Å². The normalized spacial score (nSPS) is 12.7. The number of esters is 1. The van der Waals surface area contributed by atoms with E-state index in [1.54, 1.807) is 6.08 Å². The van der Waals surface area contributed by atoms with Crippen LogP contribution in [0.5, 0.6) is 0 Å². The predicted molar refractivity (Wildman–Crippen MR) is 255 cm³/mol. The average Bonchev–Trinajstić information content (AvgIpc) is 3.24. The van der Waals surface area contributed by atoms with E-state index in [-0.39, 0.29) is 18.5 Å². The summed E-state index contributed by atoms with van der Waals surface area (Å²) in [6, 6.07) is -0.634. The number of aliphatic hydroxyl groups excluding tert-OH is 2. The van der Waals surface area contributed by atoms with Crippen molar-refractivity contribution in [3.8, 4) is 0 Å². The quantitative estimate of drug-likeness (QED) is 0.0322. The second kappa shape index (κ2) is 49.3. The first-order valence-electron chi connectivity index (χ1n) is 26.5. The maximum Gasteiger partial charge on any atom is 0.305 e. The largest absolute Gasteiger partial charge is 0.466 e. The van der Waals surface area contributed by atoms with Crippen LogP contribution >= 0.6 is 0 Å². The first-order valence-corrected chi connectivity index (χ1v) is 26.5. The van der Waals surface area contributed by atoms with E-state index < -0.39 is 12.1 Å². The van der Waals surface area contributed by atoms with Gasteiger partial charge in [0, 0.05) is 12.8 Å². The lowest BCUT2D eigenvalue weighted by molar-refractivity contribution is -0.143. The Labute approximate surface area is 368 Å². The average molecular weight is 834 g/mol. The Bertz CT molecular complexity index is 878. The minimum atomic E-state index is -0.850. The van der Waals surface area contributed by atoms with Crippen molar-refractivity contribution in [3.63, 3.8) is 0 Å². The van der Waals surface area contributed by atoms with Crippen LogP contribution in [0.2, 0.25) is 0 Å². The van der Waals surface area contributed by atoms with Gasteiger partial charge in [-0.1, -0.05) is 257 Å². The molecule has 0 aliphatic carbocycles. The van der Waals surface area contributed by atoms with Crippen LogP contribution < -0.4 is 5.32 Å². The van der Waals surface area contributed by atoms with E-state index in [2.05, 4.69) is 19.2 Å². The summed E-state index contributed by atoms with van der Waals surface area (Å²) in [6.07, 6.45) is 56.4. The Hall–Kier alpha value is -1.40. The topological polar surface area (TPSA) is 95.9 Å². The zero-order valence-electron chi connectivity index (χ0n) is 39.7. The Morgan fingerprint density at radius 3 is 1.15 bits per heavy atom. The Kier molecular flexibility index (Phi) is 48.1. The highest BCUT2D eigenvalue weighted by molar-refractivity contribution is 5.76. The number of rotatable bonds is 49. The van der Waals surface area contributed by atoms with Crippen molar-refractivity contribution in [2.24, 2.45) is 0 Å². The van der Waals surface area contributed by atoms with Crippen molar-refractivity contribution < 1.29 is 24.5 Å². The summed E-state index contributed by atoms with van der Waals surface area (Å²) >= 11 is 0. The molecule has 0 aromatic rings. The molecule has 0 saturated heterocycles. The Morgan fingerprint density at radius 2 is 0.780 bits per heavy atom. The molecule has 0 aliphatic heterocycles. The van der Waals surface area contributed by atoms with Gasteiger partial charge in [-0.3, -0.25) is 9.59 Å². The molecule has 6 nitrogen and oxygen atoms in total. The highest BCUT2D eigenvalue weighted by Crippen LogP contribution is 2.16. The Balaban J connectivity index is 3.47. The molecule has 0 aromatic carbocycles. The number of aliphatic hydroxyl groups is 2. The number of carbonyl (C=O) groups excluding carboxylic acids is 2. The minimum absolute atomic E-state index is 0.00171. The number of nitrogens with one attached hydrogen (secondary N) is 1. The molecule has 0 bridgehead atoms. The predicted octanol–water partition coefficient (Wildman–Crippen LogP) is 15.7. The molecule has 6 heteroatoms. The lowest BCUT2D eigenvalue weighted by Gasteiger charge is -2.20. The second-order valence-corrected chi connectivity index (χ2v) is 18.2. The third-order valence-electron chi connectivity index (χ3n) is 12.3. The van der Waals surface area contributed by atoms with Gasteiger partial charge in [-0.15, -0.1) is 0 Å². The van der Waals surface area contributed by atoms with E-state index in [0.29, 0.717) is 19.4 Å². The van der Waals surface area contributed by atoms with E-state index in [1.165, 1.54) is 205 Å². The first-order chi connectivity index (χ1) is 29.0. The molecule has 3 N–H and O–H groups in total. The van der Waals surface area contributed by atoms with Gasteiger partial charge in [-0.05, 0) is 32.1 Å². The monoisotopic (exact) mass is 834 g/mol. The molecule has 0 radical (unpaired) electrons. The molecule has 1 amide bonds. The van der Waals surface area contributed by atoms with Crippen LogP contribution in [0.1, 0.15) is 290 Å². The molecule has 0 aliphatic rings. The van der Waals surface area contributed by atoms with Crippen molar-refractivity contribution in [2.75, 3.05) is 13.2 Å². The molecular weight excluding hydrogens is 731 g/mol. The van der Waals surface area contributed by atoms with Gasteiger partial charge in [0.15, 0.2) is 0 Å². The number of amides is 1. The molecule has 2 unspecified atom stereocenters. The third kappa shape index (κ3) is 45.9. The summed E-state index contributed by atoms with van der Waals surface area (Å²) in [7, 11) is 0. The van der Waals surface area contributed by atoms with Crippen LogP contribution in [0, 0.1) is 0 Å². The standard InChI is InChI=1S/C53H103NO5/c1-3-5-7-9-11-13-15-17-18-22-25-29-33-37-41-45-51(56)50(49-55)54-52(57)46-42-38-34-30-26-23-19-20-24-28-32-36-40-44-48-59-53(58)47-43-39-35-31-27-21-16-14-12-10-8-6-4-2/h41,45,50-51,55-56H,3-40,42-44,46-49H2,1-2H3,(H,54,57)/b45-41+. The van der Waals surface area contributed by atoms with Gasteiger partial charge in [-0.2, -0.15) is 0 Å². The first kappa shape index (κ1) is 57.6. The zero-order chi connectivity index (χ0) is 43.0. The smallest absolute Gasteiger partial charge is 0.305 e. The molecule has 0 aromatic heterocycles. The van der Waals surface area contributed by atoms with Gasteiger partial charge in [-0.25, -0.2) is 0 Å². The van der Waals surface area contributed by atoms with Crippen molar-refractivity contribution in [3.05, 3.63) is 12.2 Å². The summed E-state index contributed by atoms with van der Waals surface area (Å²) in [6.45, 7) is 4.89. The highest BCUT2D eigenvalue weighted by atomic mass is 16.5. The fraction of sp³-hybridized carbons (Fsp3) is 0.925.